The van der Waals surface area contributed by atoms with Crippen LogP contribution in [0.25, 0.3) is 10.6 Å². The van der Waals surface area contributed by atoms with Crippen molar-refractivity contribution < 1.29 is 13.6 Å². The van der Waals surface area contributed by atoms with Crippen molar-refractivity contribution in [3.05, 3.63) is 41.4 Å². The first-order chi connectivity index (χ1) is 11.6. The van der Waals surface area contributed by atoms with E-state index in [1.54, 1.807) is 4.90 Å². The second kappa shape index (κ2) is 7.25. The summed E-state index contributed by atoms with van der Waals surface area (Å²) in [5.41, 5.74) is 0.507. The Morgan fingerprint density at radius 3 is 2.62 bits per heavy atom. The van der Waals surface area contributed by atoms with Gasteiger partial charge < -0.3 is 10.2 Å². The summed E-state index contributed by atoms with van der Waals surface area (Å²) in [6.45, 7) is 0.527. The first-order valence-corrected chi connectivity index (χ1v) is 8.86. The topological polar surface area (TPSA) is 45.2 Å². The van der Waals surface area contributed by atoms with E-state index in [1.165, 1.54) is 16.7 Å². The molecule has 0 aliphatic carbocycles. The van der Waals surface area contributed by atoms with Gasteiger partial charge in [-0.3, -0.25) is 0 Å². The molecule has 3 rings (SSSR count). The molecule has 0 atom stereocenters. The third-order valence-corrected chi connectivity index (χ3v) is 4.90. The Labute approximate surface area is 143 Å². The number of benzene rings is 1. The van der Waals surface area contributed by atoms with Gasteiger partial charge in [0, 0.05) is 24.0 Å². The lowest BCUT2D eigenvalue weighted by atomic mass is 10.1. The minimum absolute atomic E-state index is 0.301. The Balaban J connectivity index is 1.63. The Morgan fingerprint density at radius 1 is 1.21 bits per heavy atom. The molecule has 4 nitrogen and oxygen atoms in total. The van der Waals surface area contributed by atoms with E-state index in [-0.39, 0.29) is 5.69 Å². The second-order valence-corrected chi connectivity index (χ2v) is 6.67. The van der Waals surface area contributed by atoms with Crippen molar-refractivity contribution in [3.8, 4) is 10.6 Å². The van der Waals surface area contributed by atoms with Crippen LogP contribution < -0.4 is 5.32 Å². The summed E-state index contributed by atoms with van der Waals surface area (Å²) in [5.74, 6) is -3.19. The second-order valence-electron chi connectivity index (χ2n) is 5.81. The molecule has 1 aliphatic heterocycles. The monoisotopic (exact) mass is 351 g/mol. The molecule has 0 bridgehead atoms. The summed E-state index contributed by atoms with van der Waals surface area (Å²) < 4.78 is 28.6. The highest BCUT2D eigenvalue weighted by molar-refractivity contribution is 7.13. The number of piperidine rings is 1. The first kappa shape index (κ1) is 16.8. The van der Waals surface area contributed by atoms with Crippen LogP contribution in [0.15, 0.2) is 35.7 Å². The number of nitrogens with zero attached hydrogens (tertiary/aromatic N) is 2. The number of halogens is 2. The molecule has 1 fully saturated rings. The molecule has 24 heavy (non-hydrogen) atoms. The number of amides is 2. The number of carbonyl (C=O) groups is 1. The lowest BCUT2D eigenvalue weighted by Gasteiger charge is -2.27. The molecule has 0 unspecified atom stereocenters. The van der Waals surface area contributed by atoms with Gasteiger partial charge in [0.25, 0.3) is 0 Å². The van der Waals surface area contributed by atoms with Crippen LogP contribution in [0.4, 0.5) is 13.6 Å². The number of carbonyl (C=O) groups excluding carboxylic acids is 1. The molecule has 1 N–H and O–H groups in total. The molecule has 128 valence electrons. The van der Waals surface area contributed by atoms with Gasteiger partial charge in [0.05, 0.1) is 6.54 Å². The number of alkyl halides is 2. The normalized spacial score (nSPS) is 15.3. The Hall–Kier alpha value is -2.02. The summed E-state index contributed by atoms with van der Waals surface area (Å²) in [6.07, 6.45) is 2.94. The van der Waals surface area contributed by atoms with E-state index in [1.807, 2.05) is 30.3 Å². The fourth-order valence-electron chi connectivity index (χ4n) is 2.64. The predicted molar refractivity (Wildman–Crippen MR) is 90.3 cm³/mol. The summed E-state index contributed by atoms with van der Waals surface area (Å²) in [4.78, 5) is 17.6. The average molecular weight is 351 g/mol. The largest absolute Gasteiger partial charge is 0.331 e. The van der Waals surface area contributed by atoms with Gasteiger partial charge in [-0.05, 0) is 19.3 Å². The zero-order chi connectivity index (χ0) is 17.0. The molecule has 1 aromatic heterocycles. The van der Waals surface area contributed by atoms with Crippen LogP contribution in [-0.2, 0) is 5.92 Å². The van der Waals surface area contributed by atoms with Crippen LogP contribution >= 0.6 is 11.3 Å². The lowest BCUT2D eigenvalue weighted by Crippen LogP contribution is -2.46. The van der Waals surface area contributed by atoms with Gasteiger partial charge in [0.15, 0.2) is 0 Å². The van der Waals surface area contributed by atoms with Crippen molar-refractivity contribution in [1.29, 1.82) is 0 Å². The van der Waals surface area contributed by atoms with Crippen LogP contribution in [0.2, 0.25) is 0 Å². The van der Waals surface area contributed by atoms with Gasteiger partial charge in [-0.15, -0.1) is 11.3 Å². The molecule has 0 spiro atoms. The fraction of sp³-hybridized carbons (Fsp3) is 0.412. The van der Waals surface area contributed by atoms with Crippen molar-refractivity contribution in [2.75, 3.05) is 19.6 Å². The highest BCUT2D eigenvalue weighted by Crippen LogP contribution is 2.32. The summed E-state index contributed by atoms with van der Waals surface area (Å²) in [6, 6.07) is 8.79. The summed E-state index contributed by atoms with van der Waals surface area (Å²) in [7, 11) is 0. The molecular weight excluding hydrogens is 332 g/mol. The highest BCUT2D eigenvalue weighted by Gasteiger charge is 2.35. The molecular formula is C17H19F2N3OS. The van der Waals surface area contributed by atoms with Crippen molar-refractivity contribution in [1.82, 2.24) is 15.2 Å². The number of hydrogen-bond acceptors (Lipinski definition) is 3. The van der Waals surface area contributed by atoms with Gasteiger partial charge in [-0.1, -0.05) is 30.3 Å². The molecule has 2 amide bonds. The molecule has 7 heteroatoms. The number of nitrogens with one attached hydrogen (secondary N) is 1. The fourth-order valence-corrected chi connectivity index (χ4v) is 3.51. The third-order valence-electron chi connectivity index (χ3n) is 4.00. The quantitative estimate of drug-likeness (QED) is 0.901. The van der Waals surface area contributed by atoms with Crippen molar-refractivity contribution in [2.24, 2.45) is 0 Å². The smallest absolute Gasteiger partial charge is 0.317 e. The molecule has 0 radical (unpaired) electrons. The average Bonchev–Trinajstić information content (AvgIpc) is 3.12. The highest BCUT2D eigenvalue weighted by atomic mass is 32.1. The van der Waals surface area contributed by atoms with Gasteiger partial charge in [-0.25, -0.2) is 9.78 Å². The van der Waals surface area contributed by atoms with Crippen molar-refractivity contribution in [2.45, 2.75) is 25.2 Å². The number of likely N-dealkylation sites (tertiary alicyclic amines) is 1. The van der Waals surface area contributed by atoms with Crippen molar-refractivity contribution in [3.63, 3.8) is 0 Å². The number of hydrogen-bond donors (Lipinski definition) is 1. The number of aromatic nitrogens is 1. The zero-order valence-corrected chi connectivity index (χ0v) is 14.0. The molecule has 2 aromatic rings. The van der Waals surface area contributed by atoms with Gasteiger partial charge in [0.1, 0.15) is 10.7 Å². The van der Waals surface area contributed by atoms with Crippen LogP contribution in [0, 0.1) is 0 Å². The van der Waals surface area contributed by atoms with Crippen LogP contribution in [-0.4, -0.2) is 35.5 Å². The Kier molecular flexibility index (Phi) is 5.08. The maximum Gasteiger partial charge on any atom is 0.317 e. The lowest BCUT2D eigenvalue weighted by molar-refractivity contribution is -0.00545. The molecule has 1 aliphatic rings. The van der Waals surface area contributed by atoms with E-state index in [9.17, 15) is 13.6 Å². The number of urea groups is 1. The van der Waals surface area contributed by atoms with Crippen LogP contribution in [0.1, 0.15) is 25.0 Å². The molecule has 2 heterocycles. The SMILES string of the molecule is O=C(NCC(F)(F)c1csc(-c2ccccc2)n1)N1CCCCC1. The van der Waals surface area contributed by atoms with Gasteiger partial charge >= 0.3 is 12.0 Å². The minimum Gasteiger partial charge on any atom is -0.331 e. The van der Waals surface area contributed by atoms with E-state index < -0.39 is 18.5 Å². The maximum atomic E-state index is 14.3. The maximum absolute atomic E-state index is 14.3. The van der Waals surface area contributed by atoms with Crippen molar-refractivity contribution >= 4 is 17.4 Å². The number of rotatable bonds is 4. The van der Waals surface area contributed by atoms with E-state index in [0.717, 1.165) is 24.8 Å². The van der Waals surface area contributed by atoms with E-state index in [2.05, 4.69) is 10.3 Å². The molecule has 1 saturated heterocycles. The van der Waals surface area contributed by atoms with Gasteiger partial charge in [-0.2, -0.15) is 8.78 Å². The van der Waals surface area contributed by atoms with Gasteiger partial charge in [0.2, 0.25) is 0 Å². The standard InChI is InChI=1S/C17H19F2N3OS/c18-17(19,12-20-16(23)22-9-5-2-6-10-22)14-11-24-15(21-14)13-7-3-1-4-8-13/h1,3-4,7-8,11H,2,5-6,9-10,12H2,(H,20,23). The summed E-state index contributed by atoms with van der Waals surface area (Å²) in [5, 5.41) is 4.25. The molecule has 0 saturated carbocycles. The van der Waals surface area contributed by atoms with E-state index in [4.69, 9.17) is 0 Å². The van der Waals surface area contributed by atoms with E-state index >= 15 is 0 Å². The predicted octanol–water partition coefficient (Wildman–Crippen LogP) is 4.10. The summed E-state index contributed by atoms with van der Waals surface area (Å²) >= 11 is 1.18. The first-order valence-electron chi connectivity index (χ1n) is 7.98. The zero-order valence-electron chi connectivity index (χ0n) is 13.2. The number of thiazole rings is 1. The Morgan fingerprint density at radius 2 is 1.92 bits per heavy atom. The Bertz CT molecular complexity index is 684. The molecule has 1 aromatic carbocycles. The van der Waals surface area contributed by atoms with E-state index in [0.29, 0.717) is 18.1 Å². The van der Waals surface area contributed by atoms with Crippen LogP contribution in [0.3, 0.4) is 0 Å². The third kappa shape index (κ3) is 3.90. The van der Waals surface area contributed by atoms with Crippen LogP contribution in [0.5, 0.6) is 0 Å². The minimum atomic E-state index is -3.19.